The second-order valence-electron chi connectivity index (χ2n) is 6.83. The van der Waals surface area contributed by atoms with Gasteiger partial charge in [-0.15, -0.1) is 0 Å². The molecular weight excluding hydrogens is 308 g/mol. The molecule has 3 rings (SSSR count). The summed E-state index contributed by atoms with van der Waals surface area (Å²) in [7, 11) is 1.82. The Balaban J connectivity index is 1.76. The SMILES string of the molecule is CCOC1CC(N(C)C(=O)c2ccc(C(=O)O)c(C)n2)C12CCC2. The first-order valence-corrected chi connectivity index (χ1v) is 8.50. The second kappa shape index (κ2) is 6.16. The Bertz CT molecular complexity index is 669. The monoisotopic (exact) mass is 332 g/mol. The van der Waals surface area contributed by atoms with Gasteiger partial charge in [0.05, 0.1) is 17.4 Å². The predicted molar refractivity (Wildman–Crippen MR) is 88.1 cm³/mol. The maximum atomic E-state index is 12.8. The maximum absolute atomic E-state index is 12.8. The zero-order valence-electron chi connectivity index (χ0n) is 14.4. The third kappa shape index (κ3) is 2.49. The highest BCUT2D eigenvalue weighted by atomic mass is 16.5. The molecule has 130 valence electrons. The van der Waals surface area contributed by atoms with Gasteiger partial charge in [0.25, 0.3) is 5.91 Å². The fourth-order valence-corrected chi connectivity index (χ4v) is 4.17. The van der Waals surface area contributed by atoms with E-state index in [0.717, 1.165) is 19.3 Å². The number of carboxylic acids is 1. The Morgan fingerprint density at radius 1 is 1.42 bits per heavy atom. The Labute approximate surface area is 141 Å². The summed E-state index contributed by atoms with van der Waals surface area (Å²) < 4.78 is 5.84. The Hall–Kier alpha value is -1.95. The highest BCUT2D eigenvalue weighted by molar-refractivity contribution is 5.94. The van der Waals surface area contributed by atoms with Crippen molar-refractivity contribution in [1.82, 2.24) is 9.88 Å². The van der Waals surface area contributed by atoms with Crippen molar-refractivity contribution in [3.05, 3.63) is 29.1 Å². The molecule has 0 bridgehead atoms. The van der Waals surface area contributed by atoms with Gasteiger partial charge in [-0.3, -0.25) is 4.79 Å². The fraction of sp³-hybridized carbons (Fsp3) is 0.611. The summed E-state index contributed by atoms with van der Waals surface area (Å²) in [5.74, 6) is -1.18. The Kier molecular flexibility index (Phi) is 4.34. The zero-order valence-corrected chi connectivity index (χ0v) is 14.4. The van der Waals surface area contributed by atoms with Crippen LogP contribution in [-0.2, 0) is 4.74 Å². The number of aromatic carboxylic acids is 1. The number of aromatic nitrogens is 1. The average molecular weight is 332 g/mol. The van der Waals surface area contributed by atoms with E-state index in [4.69, 9.17) is 9.84 Å². The van der Waals surface area contributed by atoms with E-state index in [-0.39, 0.29) is 29.0 Å². The van der Waals surface area contributed by atoms with Gasteiger partial charge >= 0.3 is 5.97 Å². The van der Waals surface area contributed by atoms with Crippen molar-refractivity contribution in [2.45, 2.75) is 51.7 Å². The molecule has 2 fully saturated rings. The summed E-state index contributed by atoms with van der Waals surface area (Å²) >= 11 is 0. The lowest BCUT2D eigenvalue weighted by Gasteiger charge is -2.63. The quantitative estimate of drug-likeness (QED) is 0.896. The van der Waals surface area contributed by atoms with Gasteiger partial charge in [0.2, 0.25) is 0 Å². The van der Waals surface area contributed by atoms with Crippen LogP contribution in [0.4, 0.5) is 0 Å². The van der Waals surface area contributed by atoms with E-state index in [0.29, 0.717) is 18.0 Å². The molecular formula is C18H24N2O4. The lowest BCUT2D eigenvalue weighted by molar-refractivity contribution is -0.192. The van der Waals surface area contributed by atoms with E-state index < -0.39 is 5.97 Å². The molecule has 6 nitrogen and oxygen atoms in total. The van der Waals surface area contributed by atoms with Gasteiger partial charge in [0, 0.05) is 25.1 Å². The highest BCUT2D eigenvalue weighted by Crippen LogP contribution is 2.59. The van der Waals surface area contributed by atoms with Crippen molar-refractivity contribution in [1.29, 1.82) is 0 Å². The van der Waals surface area contributed by atoms with Crippen molar-refractivity contribution < 1.29 is 19.4 Å². The van der Waals surface area contributed by atoms with E-state index in [9.17, 15) is 9.59 Å². The van der Waals surface area contributed by atoms with Gasteiger partial charge in [-0.2, -0.15) is 0 Å². The molecule has 1 spiro atoms. The minimum atomic E-state index is -1.03. The summed E-state index contributed by atoms with van der Waals surface area (Å²) in [4.78, 5) is 29.8. The number of carbonyl (C=O) groups excluding carboxylic acids is 1. The van der Waals surface area contributed by atoms with Crippen LogP contribution >= 0.6 is 0 Å². The number of nitrogens with zero attached hydrogens (tertiary/aromatic N) is 2. The molecule has 2 atom stereocenters. The molecule has 1 heterocycles. The maximum Gasteiger partial charge on any atom is 0.337 e. The number of rotatable bonds is 5. The summed E-state index contributed by atoms with van der Waals surface area (Å²) in [6, 6.07) is 3.13. The number of ether oxygens (including phenoxy) is 1. The normalized spacial score (nSPS) is 24.1. The summed E-state index contributed by atoms with van der Waals surface area (Å²) in [5, 5.41) is 9.08. The predicted octanol–water partition coefficient (Wildman–Crippen LogP) is 2.51. The number of pyridine rings is 1. The van der Waals surface area contributed by atoms with Gasteiger partial charge < -0.3 is 14.7 Å². The molecule has 2 saturated carbocycles. The molecule has 0 aromatic carbocycles. The molecule has 2 aliphatic carbocycles. The molecule has 2 aliphatic rings. The van der Waals surface area contributed by atoms with Crippen LogP contribution in [0.3, 0.4) is 0 Å². The fourth-order valence-electron chi connectivity index (χ4n) is 4.17. The van der Waals surface area contributed by atoms with Gasteiger partial charge in [0.1, 0.15) is 5.69 Å². The number of hydrogen-bond donors (Lipinski definition) is 1. The number of amides is 1. The molecule has 0 saturated heterocycles. The number of carboxylic acid groups (broad SMARTS) is 1. The number of carbonyl (C=O) groups is 2. The van der Waals surface area contributed by atoms with Crippen molar-refractivity contribution in [3.63, 3.8) is 0 Å². The molecule has 24 heavy (non-hydrogen) atoms. The van der Waals surface area contributed by atoms with Gasteiger partial charge in [-0.1, -0.05) is 6.42 Å². The van der Waals surface area contributed by atoms with Crippen molar-refractivity contribution in [3.8, 4) is 0 Å². The molecule has 2 unspecified atom stereocenters. The lowest BCUT2D eigenvalue weighted by Crippen LogP contribution is -2.67. The molecule has 1 aromatic heterocycles. The highest BCUT2D eigenvalue weighted by Gasteiger charge is 2.60. The van der Waals surface area contributed by atoms with Crippen molar-refractivity contribution in [2.75, 3.05) is 13.7 Å². The summed E-state index contributed by atoms with van der Waals surface area (Å²) in [6.07, 6.45) is 4.50. The Morgan fingerprint density at radius 2 is 2.12 bits per heavy atom. The standard InChI is InChI=1S/C18H24N2O4/c1-4-24-15-10-14(18(15)8-5-9-18)20(3)16(21)13-7-6-12(17(22)23)11(2)19-13/h6-7,14-15H,4-5,8-10H2,1-3H3,(H,22,23). The topological polar surface area (TPSA) is 79.7 Å². The van der Waals surface area contributed by atoms with Crippen LogP contribution in [0.1, 0.15) is 59.1 Å². The Morgan fingerprint density at radius 3 is 2.62 bits per heavy atom. The van der Waals surface area contributed by atoms with E-state index >= 15 is 0 Å². The smallest absolute Gasteiger partial charge is 0.337 e. The van der Waals surface area contributed by atoms with E-state index in [2.05, 4.69) is 4.98 Å². The minimum absolute atomic E-state index is 0.108. The second-order valence-corrected chi connectivity index (χ2v) is 6.83. The minimum Gasteiger partial charge on any atom is -0.478 e. The van der Waals surface area contributed by atoms with Crippen LogP contribution in [0.5, 0.6) is 0 Å². The molecule has 6 heteroatoms. The lowest BCUT2D eigenvalue weighted by atomic mass is 9.50. The van der Waals surface area contributed by atoms with Gasteiger partial charge in [0.15, 0.2) is 0 Å². The third-order valence-corrected chi connectivity index (χ3v) is 5.72. The molecule has 0 radical (unpaired) electrons. The zero-order chi connectivity index (χ0) is 17.5. The third-order valence-electron chi connectivity index (χ3n) is 5.72. The molecule has 1 N–H and O–H groups in total. The molecule has 0 aliphatic heterocycles. The number of aryl methyl sites for hydroxylation is 1. The summed E-state index contributed by atoms with van der Waals surface area (Å²) in [6.45, 7) is 4.32. The van der Waals surface area contributed by atoms with Crippen LogP contribution in [0.15, 0.2) is 12.1 Å². The van der Waals surface area contributed by atoms with Crippen molar-refractivity contribution >= 4 is 11.9 Å². The van der Waals surface area contributed by atoms with E-state index in [1.165, 1.54) is 18.6 Å². The van der Waals surface area contributed by atoms with Crippen LogP contribution in [0, 0.1) is 12.3 Å². The first-order valence-electron chi connectivity index (χ1n) is 8.50. The van der Waals surface area contributed by atoms with Crippen LogP contribution in [0.2, 0.25) is 0 Å². The summed E-state index contributed by atoms with van der Waals surface area (Å²) in [5.41, 5.74) is 0.899. The average Bonchev–Trinajstić information content (AvgIpc) is 2.47. The first kappa shape index (κ1) is 16.9. The van der Waals surface area contributed by atoms with E-state index in [1.807, 2.05) is 14.0 Å². The largest absolute Gasteiger partial charge is 0.478 e. The van der Waals surface area contributed by atoms with Crippen LogP contribution in [0.25, 0.3) is 0 Å². The van der Waals surface area contributed by atoms with E-state index in [1.54, 1.807) is 11.8 Å². The van der Waals surface area contributed by atoms with Crippen LogP contribution < -0.4 is 0 Å². The first-order chi connectivity index (χ1) is 11.4. The van der Waals surface area contributed by atoms with Gasteiger partial charge in [-0.05, 0) is 45.2 Å². The van der Waals surface area contributed by atoms with Gasteiger partial charge in [-0.25, -0.2) is 9.78 Å². The number of hydrogen-bond acceptors (Lipinski definition) is 4. The van der Waals surface area contributed by atoms with Crippen LogP contribution in [-0.4, -0.2) is 52.7 Å². The van der Waals surface area contributed by atoms with Crippen molar-refractivity contribution in [2.24, 2.45) is 5.41 Å². The molecule has 1 aromatic rings. The molecule has 1 amide bonds.